The van der Waals surface area contributed by atoms with Gasteiger partial charge in [0.1, 0.15) is 0 Å². The Morgan fingerprint density at radius 3 is 1.11 bits per heavy atom. The Morgan fingerprint density at radius 2 is 0.816 bits per heavy atom. The van der Waals surface area contributed by atoms with E-state index in [1.54, 1.807) is 0 Å². The minimum Gasteiger partial charge on any atom is -0.396 e. The van der Waals surface area contributed by atoms with Crippen LogP contribution in [0.15, 0.2) is 0 Å². The maximum absolute atomic E-state index is 8.84. The molecular weight excluding hydrogens is 686 g/mol. The van der Waals surface area contributed by atoms with Gasteiger partial charge >= 0.3 is 34.1 Å². The van der Waals surface area contributed by atoms with E-state index in [2.05, 4.69) is 36.8 Å². The second-order valence-corrected chi connectivity index (χ2v) is 13.6. The first kappa shape index (κ1) is 49.6. The summed E-state index contributed by atoms with van der Waals surface area (Å²) in [6.45, 7) is 4.42. The van der Waals surface area contributed by atoms with E-state index in [1.807, 2.05) is 0 Å². The molecule has 0 unspecified atom stereocenters. The minimum atomic E-state index is 0. The van der Waals surface area contributed by atoms with Crippen molar-refractivity contribution in [3.63, 3.8) is 0 Å². The standard InChI is InChI=1S/C18H35NO.2C5H9Br.4CH3.2Fe/c20-14-8-2-1-7-13-19(15-17-9-3-4-10-17)16-18-11-5-6-12-18;2*6-5-3-1-2-4-5;;;;;;/h17-18,20H,1-16H2;2*5H,1-4H2;4*1H3;;/q;;;4*-1;2*+2. The summed E-state index contributed by atoms with van der Waals surface area (Å²) >= 11 is 7.08. The third kappa shape index (κ3) is 25.6. The Hall–Kier alpha value is 1.92. The van der Waals surface area contributed by atoms with Crippen LogP contribution in [0.1, 0.15) is 128 Å². The second kappa shape index (κ2) is 33.4. The van der Waals surface area contributed by atoms with Crippen LogP contribution in [0.2, 0.25) is 0 Å². The second-order valence-electron chi connectivity index (χ2n) is 11.0. The average Bonchev–Trinajstić information content (AvgIpc) is 3.59. The van der Waals surface area contributed by atoms with E-state index in [1.165, 1.54) is 142 Å². The van der Waals surface area contributed by atoms with Crippen LogP contribution in [0.25, 0.3) is 0 Å². The number of nitrogens with zero attached hydrogens (tertiary/aromatic N) is 1. The van der Waals surface area contributed by atoms with Gasteiger partial charge in [-0.05, 0) is 82.6 Å². The predicted octanol–water partition coefficient (Wildman–Crippen LogP) is 10.7. The topological polar surface area (TPSA) is 23.5 Å². The molecule has 2 nitrogen and oxygen atoms in total. The van der Waals surface area contributed by atoms with Gasteiger partial charge in [-0.1, -0.05) is 96.1 Å². The van der Waals surface area contributed by atoms with Crippen molar-refractivity contribution in [1.29, 1.82) is 0 Å². The van der Waals surface area contributed by atoms with Crippen molar-refractivity contribution >= 4 is 31.9 Å². The summed E-state index contributed by atoms with van der Waals surface area (Å²) in [5, 5.41) is 8.84. The van der Waals surface area contributed by atoms with Crippen molar-refractivity contribution in [1.82, 2.24) is 4.90 Å². The SMILES string of the molecule is BrC1CCCC1.BrC1CCCC1.OCCCCCCN(CC1CCCC1)CC1CCCC1.[CH3-].[CH3-].[CH3-].[CH3-].[Fe+2].[Fe+2]. The van der Waals surface area contributed by atoms with E-state index in [9.17, 15) is 0 Å². The fraction of sp³-hybridized carbons (Fsp3) is 0.875. The Labute approximate surface area is 280 Å². The molecule has 0 saturated heterocycles. The summed E-state index contributed by atoms with van der Waals surface area (Å²) in [5.74, 6) is 1.99. The number of hydrogen-bond acceptors (Lipinski definition) is 2. The van der Waals surface area contributed by atoms with Crippen LogP contribution < -0.4 is 0 Å². The Bertz CT molecular complexity index is 392. The fourth-order valence-electron chi connectivity index (χ4n) is 5.93. The number of alkyl halides is 2. The zero-order valence-corrected chi connectivity index (χ0v) is 31.0. The summed E-state index contributed by atoms with van der Waals surface area (Å²) in [4.78, 5) is 4.51. The number of aliphatic hydroxyl groups is 1. The van der Waals surface area contributed by atoms with Crippen molar-refractivity contribution in [3.8, 4) is 0 Å². The molecular formula is C32H65Br2Fe2NO. The first-order chi connectivity index (χ1) is 15.7. The number of aliphatic hydroxyl groups excluding tert-OH is 1. The Balaban J connectivity index is -0.000000170. The minimum absolute atomic E-state index is 0. The first-order valence-electron chi connectivity index (χ1n) is 14.3. The zero-order valence-electron chi connectivity index (χ0n) is 25.6. The summed E-state index contributed by atoms with van der Waals surface area (Å²) in [5.41, 5.74) is 0. The van der Waals surface area contributed by atoms with E-state index in [0.717, 1.165) is 27.9 Å². The van der Waals surface area contributed by atoms with E-state index in [0.29, 0.717) is 6.61 Å². The van der Waals surface area contributed by atoms with Crippen molar-refractivity contribution in [2.75, 3.05) is 26.2 Å². The molecule has 4 rings (SSSR count). The predicted molar refractivity (Wildman–Crippen MR) is 174 cm³/mol. The van der Waals surface area contributed by atoms with Gasteiger partial charge in [0.15, 0.2) is 0 Å². The fourth-order valence-corrected chi connectivity index (χ4v) is 7.22. The van der Waals surface area contributed by atoms with Crippen molar-refractivity contribution in [2.45, 2.75) is 138 Å². The smallest absolute Gasteiger partial charge is 0.396 e. The number of halogens is 2. The summed E-state index contributed by atoms with van der Waals surface area (Å²) in [6.07, 6.45) is 28.0. The number of hydrogen-bond donors (Lipinski definition) is 1. The Morgan fingerprint density at radius 1 is 0.500 bits per heavy atom. The summed E-state index contributed by atoms with van der Waals surface area (Å²) < 4.78 is 0. The third-order valence-corrected chi connectivity index (χ3v) is 9.77. The first-order valence-corrected chi connectivity index (χ1v) is 16.1. The molecule has 0 spiro atoms. The maximum atomic E-state index is 8.84. The molecule has 4 saturated carbocycles. The van der Waals surface area contributed by atoms with Crippen LogP contribution in [-0.2, 0) is 34.1 Å². The molecule has 1 N–H and O–H groups in total. The van der Waals surface area contributed by atoms with E-state index in [4.69, 9.17) is 5.11 Å². The number of rotatable bonds is 10. The Kier molecular flexibility index (Phi) is 43.6. The molecule has 0 aliphatic heterocycles. The van der Waals surface area contributed by atoms with Gasteiger partial charge in [-0.25, -0.2) is 0 Å². The van der Waals surface area contributed by atoms with Gasteiger partial charge in [0.25, 0.3) is 0 Å². The summed E-state index contributed by atoms with van der Waals surface area (Å²) in [6, 6.07) is 0. The van der Waals surface area contributed by atoms with Crippen LogP contribution >= 0.6 is 31.9 Å². The van der Waals surface area contributed by atoms with Gasteiger partial charge in [-0.2, -0.15) is 0 Å². The summed E-state index contributed by atoms with van der Waals surface area (Å²) in [7, 11) is 0. The monoisotopic (exact) mass is 749 g/mol. The van der Waals surface area contributed by atoms with E-state index >= 15 is 0 Å². The van der Waals surface area contributed by atoms with E-state index < -0.39 is 0 Å². The zero-order chi connectivity index (χ0) is 22.9. The molecule has 4 aliphatic carbocycles. The quantitative estimate of drug-likeness (QED) is 0.104. The van der Waals surface area contributed by atoms with Crippen LogP contribution in [-0.4, -0.2) is 45.9 Å². The van der Waals surface area contributed by atoms with Crippen LogP contribution in [0.5, 0.6) is 0 Å². The largest absolute Gasteiger partial charge is 2.00 e. The maximum Gasteiger partial charge on any atom is 2.00 e. The van der Waals surface area contributed by atoms with Gasteiger partial charge in [0, 0.05) is 29.4 Å². The molecule has 38 heavy (non-hydrogen) atoms. The molecule has 4 aliphatic rings. The molecule has 0 bridgehead atoms. The van der Waals surface area contributed by atoms with Crippen molar-refractivity contribution in [3.05, 3.63) is 29.7 Å². The molecule has 0 heterocycles. The molecule has 0 aromatic heterocycles. The van der Waals surface area contributed by atoms with Crippen LogP contribution in [0.4, 0.5) is 0 Å². The number of unbranched alkanes of at least 4 members (excludes halogenated alkanes) is 3. The van der Waals surface area contributed by atoms with Crippen molar-refractivity contribution < 1.29 is 39.2 Å². The normalized spacial score (nSPS) is 19.3. The van der Waals surface area contributed by atoms with Crippen LogP contribution in [0, 0.1) is 41.5 Å². The van der Waals surface area contributed by atoms with Gasteiger partial charge < -0.3 is 39.7 Å². The molecule has 0 aromatic rings. The van der Waals surface area contributed by atoms with Gasteiger partial charge in [0.05, 0.1) is 0 Å². The van der Waals surface area contributed by atoms with Crippen molar-refractivity contribution in [2.24, 2.45) is 11.8 Å². The van der Waals surface area contributed by atoms with Crippen LogP contribution in [0.3, 0.4) is 0 Å². The average molecular weight is 751 g/mol. The molecule has 234 valence electrons. The third-order valence-electron chi connectivity index (χ3n) is 7.93. The van der Waals surface area contributed by atoms with E-state index in [-0.39, 0.29) is 63.8 Å². The molecule has 4 fully saturated rings. The molecule has 0 atom stereocenters. The molecule has 0 radical (unpaired) electrons. The van der Waals surface area contributed by atoms with Gasteiger partial charge in [-0.3, -0.25) is 0 Å². The van der Waals surface area contributed by atoms with Gasteiger partial charge in [0.2, 0.25) is 0 Å². The molecule has 0 amide bonds. The molecule has 0 aromatic carbocycles. The molecule has 6 heteroatoms. The van der Waals surface area contributed by atoms with Gasteiger partial charge in [-0.15, -0.1) is 0 Å².